The largest absolute Gasteiger partial charge is 0.322 e. The first-order valence-electron chi connectivity index (χ1n) is 9.39. The van der Waals surface area contributed by atoms with Crippen LogP contribution in [0.5, 0.6) is 0 Å². The fourth-order valence-electron chi connectivity index (χ4n) is 3.38. The molecule has 3 aromatic rings. The Balaban J connectivity index is 1.62. The molecule has 31 heavy (non-hydrogen) atoms. The first kappa shape index (κ1) is 21.7. The van der Waals surface area contributed by atoms with Crippen LogP contribution in [0.2, 0.25) is 10.0 Å². The average Bonchev–Trinajstić information content (AvgIpc) is 3.11. The van der Waals surface area contributed by atoms with Crippen LogP contribution in [0.25, 0.3) is 0 Å². The number of rotatable bonds is 4. The van der Waals surface area contributed by atoms with Crippen molar-refractivity contribution in [3.63, 3.8) is 0 Å². The number of aryl methyl sites for hydroxylation is 1. The highest BCUT2D eigenvalue weighted by Crippen LogP contribution is 2.43. The molecular weight excluding hydrogens is 458 g/mol. The van der Waals surface area contributed by atoms with Crippen LogP contribution in [0.15, 0.2) is 60.7 Å². The predicted molar refractivity (Wildman–Crippen MR) is 125 cm³/mol. The lowest BCUT2D eigenvalue weighted by molar-refractivity contribution is -0.115. The number of anilines is 2. The minimum Gasteiger partial charge on any atom is -0.322 e. The molecule has 1 fully saturated rings. The molecule has 1 N–H and O–H groups in total. The van der Waals surface area contributed by atoms with Crippen molar-refractivity contribution in [2.24, 2.45) is 0 Å². The molecule has 4 rings (SSSR count). The summed E-state index contributed by atoms with van der Waals surface area (Å²) in [5, 5.41) is 3.10. The maximum atomic E-state index is 14.5. The molecule has 1 aliphatic heterocycles. The van der Waals surface area contributed by atoms with E-state index in [0.29, 0.717) is 16.3 Å². The van der Waals surface area contributed by atoms with Crippen LogP contribution in [-0.4, -0.2) is 17.6 Å². The minimum absolute atomic E-state index is 0.165. The molecule has 0 unspecified atom stereocenters. The molecule has 0 spiro atoms. The van der Waals surface area contributed by atoms with Crippen molar-refractivity contribution in [2.45, 2.75) is 12.3 Å². The molecule has 1 atom stereocenters. The third-order valence-corrected chi connectivity index (χ3v) is 6.59. The van der Waals surface area contributed by atoms with Gasteiger partial charge in [-0.15, -0.1) is 11.8 Å². The summed E-state index contributed by atoms with van der Waals surface area (Å²) >= 11 is 13.4. The number of thioether (sulfide) groups is 1. The van der Waals surface area contributed by atoms with Crippen molar-refractivity contribution in [2.75, 3.05) is 16.0 Å². The van der Waals surface area contributed by atoms with E-state index >= 15 is 0 Å². The summed E-state index contributed by atoms with van der Waals surface area (Å²) in [6.45, 7) is 1.85. The summed E-state index contributed by atoms with van der Waals surface area (Å²) in [7, 11) is 0. The lowest BCUT2D eigenvalue weighted by Gasteiger charge is -2.25. The Kier molecular flexibility index (Phi) is 6.23. The Morgan fingerprint density at radius 1 is 1.13 bits per heavy atom. The van der Waals surface area contributed by atoms with Gasteiger partial charge in [-0.1, -0.05) is 41.4 Å². The maximum absolute atomic E-state index is 14.5. The molecule has 0 saturated carbocycles. The van der Waals surface area contributed by atoms with Gasteiger partial charge in [0.15, 0.2) is 0 Å². The van der Waals surface area contributed by atoms with Gasteiger partial charge in [-0.05, 0) is 60.5 Å². The number of carbonyl (C=O) groups excluding carboxylic acids is 2. The second-order valence-corrected chi connectivity index (χ2v) is 9.00. The molecular formula is C23H17Cl2FN2O2S. The van der Waals surface area contributed by atoms with Gasteiger partial charge in [0, 0.05) is 10.7 Å². The van der Waals surface area contributed by atoms with Crippen LogP contribution >= 0.6 is 35.0 Å². The van der Waals surface area contributed by atoms with Gasteiger partial charge in [-0.25, -0.2) is 4.39 Å². The van der Waals surface area contributed by atoms with E-state index in [4.69, 9.17) is 23.2 Å². The zero-order chi connectivity index (χ0) is 22.1. The first-order valence-corrected chi connectivity index (χ1v) is 11.2. The smallest absolute Gasteiger partial charge is 0.257 e. The summed E-state index contributed by atoms with van der Waals surface area (Å²) in [5.74, 6) is -0.750. The highest BCUT2D eigenvalue weighted by Gasteiger charge is 2.35. The fourth-order valence-corrected chi connectivity index (χ4v) is 5.03. The number of hydrogen-bond acceptors (Lipinski definition) is 3. The van der Waals surface area contributed by atoms with Gasteiger partial charge in [-0.3, -0.25) is 14.5 Å². The van der Waals surface area contributed by atoms with Crippen LogP contribution < -0.4 is 10.2 Å². The van der Waals surface area contributed by atoms with Crippen LogP contribution in [-0.2, 0) is 4.79 Å². The Hall–Kier alpha value is -2.54. The molecule has 1 saturated heterocycles. The maximum Gasteiger partial charge on any atom is 0.257 e. The number of nitrogens with one attached hydrogen (secondary N) is 1. The fraction of sp³-hybridized carbons (Fsp3) is 0.130. The van der Waals surface area contributed by atoms with Gasteiger partial charge >= 0.3 is 0 Å². The van der Waals surface area contributed by atoms with E-state index in [1.54, 1.807) is 42.5 Å². The number of nitrogens with zero attached hydrogens (tertiary/aromatic N) is 1. The Morgan fingerprint density at radius 3 is 2.71 bits per heavy atom. The molecule has 4 nitrogen and oxygen atoms in total. The molecule has 2 amide bonds. The summed E-state index contributed by atoms with van der Waals surface area (Å²) in [4.78, 5) is 26.7. The van der Waals surface area contributed by atoms with E-state index in [-0.39, 0.29) is 28.3 Å². The predicted octanol–water partition coefficient (Wildman–Crippen LogP) is 6.47. The van der Waals surface area contributed by atoms with E-state index in [2.05, 4.69) is 5.32 Å². The van der Waals surface area contributed by atoms with Gasteiger partial charge < -0.3 is 5.32 Å². The molecule has 1 aliphatic rings. The minimum atomic E-state index is -0.451. The molecule has 0 bridgehead atoms. The van der Waals surface area contributed by atoms with Crippen molar-refractivity contribution in [1.29, 1.82) is 0 Å². The highest BCUT2D eigenvalue weighted by molar-refractivity contribution is 8.00. The third-order valence-electron chi connectivity index (χ3n) is 4.83. The lowest BCUT2D eigenvalue weighted by Crippen LogP contribution is -2.28. The molecule has 8 heteroatoms. The van der Waals surface area contributed by atoms with Crippen LogP contribution in [0, 0.1) is 12.7 Å². The highest BCUT2D eigenvalue weighted by atomic mass is 35.5. The number of benzene rings is 3. The molecule has 0 aromatic heterocycles. The van der Waals surface area contributed by atoms with Gasteiger partial charge in [0.25, 0.3) is 5.91 Å². The normalized spacial score (nSPS) is 15.9. The zero-order valence-corrected chi connectivity index (χ0v) is 18.7. The van der Waals surface area contributed by atoms with Crippen LogP contribution in [0.3, 0.4) is 0 Å². The first-order chi connectivity index (χ1) is 14.8. The summed E-state index contributed by atoms with van der Waals surface area (Å²) in [6, 6.07) is 16.5. The van der Waals surface area contributed by atoms with E-state index in [9.17, 15) is 14.0 Å². The van der Waals surface area contributed by atoms with Gasteiger partial charge in [0.05, 0.1) is 22.0 Å². The van der Waals surface area contributed by atoms with Crippen LogP contribution in [0.4, 0.5) is 15.8 Å². The standard InChI is InChI=1S/C23H17Cl2FN2O2S/c1-13-5-8-19(26)20(9-13)28-21(29)12-31-23(28)14-3-2-4-16(10-14)27-22(30)17-7-6-15(24)11-18(17)25/h2-11,23H,12H2,1H3,(H,27,30)/t23-/m1/s1. The number of amides is 2. The monoisotopic (exact) mass is 474 g/mol. The molecule has 158 valence electrons. The van der Waals surface area contributed by atoms with E-state index in [0.717, 1.165) is 11.1 Å². The molecule has 1 heterocycles. The second kappa shape index (κ2) is 8.91. The summed E-state index contributed by atoms with van der Waals surface area (Å²) in [6.07, 6.45) is 0. The zero-order valence-electron chi connectivity index (χ0n) is 16.4. The second-order valence-electron chi connectivity index (χ2n) is 7.09. The summed E-state index contributed by atoms with van der Waals surface area (Å²) in [5.41, 5.74) is 2.73. The van der Waals surface area contributed by atoms with Crippen LogP contribution in [0.1, 0.15) is 26.9 Å². The van der Waals surface area contributed by atoms with Crippen molar-refractivity contribution >= 4 is 58.2 Å². The number of hydrogen-bond donors (Lipinski definition) is 1. The molecule has 3 aromatic carbocycles. The Bertz CT molecular complexity index is 1190. The number of halogens is 3. The van der Waals surface area contributed by atoms with Crippen molar-refractivity contribution < 1.29 is 14.0 Å². The van der Waals surface area contributed by atoms with Gasteiger partial charge in [0.1, 0.15) is 11.2 Å². The summed E-state index contributed by atoms with van der Waals surface area (Å²) < 4.78 is 14.5. The van der Waals surface area contributed by atoms with E-state index in [1.807, 2.05) is 13.0 Å². The van der Waals surface area contributed by atoms with Crippen molar-refractivity contribution in [3.8, 4) is 0 Å². The van der Waals surface area contributed by atoms with E-state index < -0.39 is 11.2 Å². The Labute approximate surface area is 193 Å². The third kappa shape index (κ3) is 4.56. The van der Waals surface area contributed by atoms with Gasteiger partial charge in [-0.2, -0.15) is 0 Å². The quantitative estimate of drug-likeness (QED) is 0.471. The topological polar surface area (TPSA) is 49.4 Å². The molecule has 0 radical (unpaired) electrons. The SMILES string of the molecule is Cc1ccc(F)c(N2C(=O)CS[C@@H]2c2cccc(NC(=O)c3ccc(Cl)cc3Cl)c2)c1. The average molecular weight is 475 g/mol. The lowest BCUT2D eigenvalue weighted by atomic mass is 10.1. The Morgan fingerprint density at radius 2 is 1.94 bits per heavy atom. The van der Waals surface area contributed by atoms with Crippen molar-refractivity contribution in [3.05, 3.63) is 93.2 Å². The van der Waals surface area contributed by atoms with Gasteiger partial charge in [0.2, 0.25) is 5.91 Å². The number of carbonyl (C=O) groups is 2. The van der Waals surface area contributed by atoms with E-state index in [1.165, 1.54) is 28.8 Å². The van der Waals surface area contributed by atoms with Crippen molar-refractivity contribution in [1.82, 2.24) is 0 Å². The molecule has 0 aliphatic carbocycles.